The molecule has 0 saturated heterocycles. The molecule has 3 rings (SSSR count). The lowest BCUT2D eigenvalue weighted by atomic mass is 10.2. The molecule has 140 valence electrons. The molecule has 4 nitrogen and oxygen atoms in total. The molecule has 0 N–H and O–H groups in total. The van der Waals surface area contributed by atoms with E-state index in [0.717, 1.165) is 19.0 Å². The average molecular weight is 369 g/mol. The molecule has 8 heteroatoms. The van der Waals surface area contributed by atoms with Gasteiger partial charge in [0.1, 0.15) is 17.5 Å². The predicted molar refractivity (Wildman–Crippen MR) is 89.0 cm³/mol. The van der Waals surface area contributed by atoms with Crippen molar-refractivity contribution in [3.8, 4) is 5.88 Å². The van der Waals surface area contributed by atoms with Gasteiger partial charge in [-0.15, -0.1) is 0 Å². The molecule has 1 fully saturated rings. The van der Waals surface area contributed by atoms with E-state index in [1.807, 2.05) is 0 Å². The maximum Gasteiger partial charge on any atom is 0.423 e. The Morgan fingerprint density at radius 1 is 1.23 bits per heavy atom. The van der Waals surface area contributed by atoms with Crippen LogP contribution in [-0.2, 0) is 6.18 Å². The summed E-state index contributed by atoms with van der Waals surface area (Å²) in [6, 6.07) is 5.74. The summed E-state index contributed by atoms with van der Waals surface area (Å²) in [5, 5.41) is 0. The summed E-state index contributed by atoms with van der Waals surface area (Å²) in [5.41, 5.74) is -0.539. The van der Waals surface area contributed by atoms with Crippen LogP contribution >= 0.6 is 0 Å². The zero-order valence-corrected chi connectivity index (χ0v) is 14.3. The molecule has 2 aromatic rings. The first-order chi connectivity index (χ1) is 12.4. The van der Waals surface area contributed by atoms with E-state index in [1.54, 1.807) is 13.0 Å². The molecule has 1 aromatic carbocycles. The highest BCUT2D eigenvalue weighted by atomic mass is 19.4. The fraction of sp³-hybridized carbons (Fsp3) is 0.444. The first-order valence-electron chi connectivity index (χ1n) is 8.52. The van der Waals surface area contributed by atoms with Gasteiger partial charge in [-0.3, -0.25) is 0 Å². The lowest BCUT2D eigenvalue weighted by molar-refractivity contribution is -0.139. The number of hydrogen-bond acceptors (Lipinski definition) is 4. The molecule has 1 aliphatic carbocycles. The number of rotatable bonds is 5. The Balaban J connectivity index is 1.98. The van der Waals surface area contributed by atoms with Crippen molar-refractivity contribution in [2.75, 3.05) is 11.4 Å². The summed E-state index contributed by atoms with van der Waals surface area (Å²) in [6.07, 6.45) is -0.890. The smallest absolute Gasteiger partial charge is 0.423 e. The molecule has 0 unspecified atom stereocenters. The van der Waals surface area contributed by atoms with Crippen LogP contribution in [0.2, 0.25) is 0 Å². The van der Waals surface area contributed by atoms with E-state index in [1.165, 1.54) is 23.1 Å². The van der Waals surface area contributed by atoms with E-state index in [9.17, 15) is 17.6 Å². The predicted octanol–water partition coefficient (Wildman–Crippen LogP) is 5.11. The van der Waals surface area contributed by atoms with Crippen LogP contribution in [0.15, 0.2) is 30.5 Å². The number of nitrogens with zero attached hydrogens (tertiary/aromatic N) is 3. The molecular formula is C18H19F4N3O. The van der Waals surface area contributed by atoms with Gasteiger partial charge in [0.25, 0.3) is 0 Å². The number of aromatic nitrogens is 2. The van der Waals surface area contributed by atoms with Crippen LogP contribution in [0.25, 0.3) is 0 Å². The number of alkyl halides is 3. The number of halogens is 4. The Morgan fingerprint density at radius 2 is 1.96 bits per heavy atom. The third kappa shape index (κ3) is 4.05. The van der Waals surface area contributed by atoms with Crippen molar-refractivity contribution < 1.29 is 22.3 Å². The van der Waals surface area contributed by atoms with E-state index in [-0.39, 0.29) is 12.1 Å². The van der Waals surface area contributed by atoms with E-state index in [0.29, 0.717) is 25.1 Å². The molecule has 1 aliphatic rings. The highest BCUT2D eigenvalue weighted by Gasteiger charge is 2.37. The zero-order valence-electron chi connectivity index (χ0n) is 14.3. The van der Waals surface area contributed by atoms with Crippen LogP contribution in [-0.4, -0.2) is 22.6 Å². The van der Waals surface area contributed by atoms with Gasteiger partial charge in [-0.1, -0.05) is 6.07 Å². The summed E-state index contributed by atoms with van der Waals surface area (Å²) >= 11 is 0. The quantitative estimate of drug-likeness (QED) is 0.686. The molecule has 1 heterocycles. The Morgan fingerprint density at radius 3 is 2.58 bits per heavy atom. The van der Waals surface area contributed by atoms with E-state index in [4.69, 9.17) is 4.74 Å². The molecular weight excluding hydrogens is 350 g/mol. The standard InChI is InChI=1S/C18H19F4N3O/c1-2-25(13-7-5-6-12(19)10-13)17-23-11-15(18(20,21)22)16(24-17)26-14-8-3-4-9-14/h5-7,10-11,14H,2-4,8-9H2,1H3. The second-order valence-corrected chi connectivity index (χ2v) is 6.14. The monoisotopic (exact) mass is 369 g/mol. The maximum atomic E-state index is 13.5. The lowest BCUT2D eigenvalue weighted by Gasteiger charge is -2.23. The first-order valence-corrected chi connectivity index (χ1v) is 8.52. The maximum absolute atomic E-state index is 13.5. The second-order valence-electron chi connectivity index (χ2n) is 6.14. The largest absolute Gasteiger partial charge is 0.474 e. The molecule has 1 aromatic heterocycles. The topological polar surface area (TPSA) is 38.2 Å². The van der Waals surface area contributed by atoms with Gasteiger partial charge in [-0.2, -0.15) is 18.2 Å². The second kappa shape index (κ2) is 7.47. The Bertz CT molecular complexity index is 760. The average Bonchev–Trinajstić information content (AvgIpc) is 3.08. The summed E-state index contributed by atoms with van der Waals surface area (Å²) in [7, 11) is 0. The van der Waals surface area contributed by atoms with Crippen LogP contribution in [0.5, 0.6) is 5.88 Å². The summed E-state index contributed by atoms with van der Waals surface area (Å²) in [6.45, 7) is 2.14. The van der Waals surface area contributed by atoms with Crippen LogP contribution in [0.4, 0.5) is 29.2 Å². The minimum absolute atomic E-state index is 0.0408. The number of hydrogen-bond donors (Lipinski definition) is 0. The van der Waals surface area contributed by atoms with Gasteiger partial charge >= 0.3 is 6.18 Å². The summed E-state index contributed by atoms with van der Waals surface area (Å²) in [5.74, 6) is -0.876. The van der Waals surface area contributed by atoms with E-state index < -0.39 is 23.4 Å². The molecule has 26 heavy (non-hydrogen) atoms. The van der Waals surface area contributed by atoms with Crippen molar-refractivity contribution in [2.45, 2.75) is 44.9 Å². The van der Waals surface area contributed by atoms with Gasteiger partial charge in [0.05, 0.1) is 0 Å². The van der Waals surface area contributed by atoms with Gasteiger partial charge in [0, 0.05) is 18.4 Å². The SMILES string of the molecule is CCN(c1cccc(F)c1)c1ncc(C(F)(F)F)c(OC2CCCC2)n1. The molecule has 0 radical (unpaired) electrons. The number of benzene rings is 1. The minimum Gasteiger partial charge on any atom is -0.474 e. The van der Waals surface area contributed by atoms with E-state index >= 15 is 0 Å². The van der Waals surface area contributed by atoms with Crippen LogP contribution < -0.4 is 9.64 Å². The first kappa shape index (κ1) is 18.4. The Hall–Kier alpha value is -2.38. The number of anilines is 2. The van der Waals surface area contributed by atoms with Gasteiger partial charge in [-0.05, 0) is 50.8 Å². The van der Waals surface area contributed by atoms with Crippen LogP contribution in [0.3, 0.4) is 0 Å². The molecule has 0 atom stereocenters. The van der Waals surface area contributed by atoms with Crippen LogP contribution in [0.1, 0.15) is 38.2 Å². The molecule has 0 spiro atoms. The fourth-order valence-corrected chi connectivity index (χ4v) is 3.02. The Kier molecular flexibility index (Phi) is 5.29. The molecule has 0 bridgehead atoms. The van der Waals surface area contributed by atoms with Crippen molar-refractivity contribution in [3.05, 3.63) is 41.8 Å². The summed E-state index contributed by atoms with van der Waals surface area (Å²) < 4.78 is 58.9. The van der Waals surface area contributed by atoms with Crippen molar-refractivity contribution in [1.82, 2.24) is 9.97 Å². The van der Waals surface area contributed by atoms with Crippen molar-refractivity contribution in [2.24, 2.45) is 0 Å². The fourth-order valence-electron chi connectivity index (χ4n) is 3.02. The van der Waals surface area contributed by atoms with Gasteiger partial charge in [0.15, 0.2) is 0 Å². The van der Waals surface area contributed by atoms with Crippen LogP contribution in [0, 0.1) is 5.82 Å². The Labute approximate surface area is 148 Å². The third-order valence-corrected chi connectivity index (χ3v) is 4.30. The molecule has 0 aliphatic heterocycles. The highest BCUT2D eigenvalue weighted by molar-refractivity contribution is 5.57. The normalized spacial score (nSPS) is 15.3. The van der Waals surface area contributed by atoms with Crippen molar-refractivity contribution in [3.63, 3.8) is 0 Å². The van der Waals surface area contributed by atoms with Gasteiger partial charge in [-0.25, -0.2) is 9.37 Å². The molecule has 1 saturated carbocycles. The molecule has 0 amide bonds. The van der Waals surface area contributed by atoms with Crippen molar-refractivity contribution in [1.29, 1.82) is 0 Å². The third-order valence-electron chi connectivity index (χ3n) is 4.30. The minimum atomic E-state index is -4.61. The summed E-state index contributed by atoms with van der Waals surface area (Å²) in [4.78, 5) is 9.41. The lowest BCUT2D eigenvalue weighted by Crippen LogP contribution is -2.22. The van der Waals surface area contributed by atoms with E-state index in [2.05, 4.69) is 9.97 Å². The van der Waals surface area contributed by atoms with Gasteiger partial charge < -0.3 is 9.64 Å². The highest BCUT2D eigenvalue weighted by Crippen LogP contribution is 2.37. The van der Waals surface area contributed by atoms with Crippen molar-refractivity contribution >= 4 is 11.6 Å². The number of ether oxygens (including phenoxy) is 1. The van der Waals surface area contributed by atoms with Gasteiger partial charge in [0.2, 0.25) is 11.8 Å². The zero-order chi connectivity index (χ0) is 18.7.